The fraction of sp³-hybridized carbons (Fsp3) is 0.231. The van der Waals surface area contributed by atoms with E-state index in [4.69, 9.17) is 23.1 Å². The van der Waals surface area contributed by atoms with Gasteiger partial charge in [-0.2, -0.15) is 0 Å². The minimum atomic E-state index is 0.195. The van der Waals surface area contributed by atoms with Crippen molar-refractivity contribution in [1.29, 1.82) is 0 Å². The second-order valence-corrected chi connectivity index (χ2v) is 5.74. The number of aromatic nitrogens is 2. The monoisotopic (exact) mass is 309 g/mol. The topological polar surface area (TPSA) is 89.8 Å². The van der Waals surface area contributed by atoms with Crippen molar-refractivity contribution in [2.45, 2.75) is 23.0 Å². The predicted molar refractivity (Wildman–Crippen MR) is 83.9 cm³/mol. The molecule has 1 aromatic heterocycles. The number of benzene rings is 1. The molecule has 1 atom stereocenters. The van der Waals surface area contributed by atoms with Crippen molar-refractivity contribution in [3.8, 4) is 0 Å². The van der Waals surface area contributed by atoms with Crippen LogP contribution in [0.25, 0.3) is 0 Å². The van der Waals surface area contributed by atoms with Crippen LogP contribution in [0.4, 0.5) is 11.6 Å². The summed E-state index contributed by atoms with van der Waals surface area (Å²) in [4.78, 5) is 9.19. The molecule has 5 N–H and O–H groups in total. The number of anilines is 2. The van der Waals surface area contributed by atoms with Crippen LogP contribution in [0.1, 0.15) is 18.5 Å². The van der Waals surface area contributed by atoms with Gasteiger partial charge >= 0.3 is 0 Å². The van der Waals surface area contributed by atoms with Crippen molar-refractivity contribution in [1.82, 2.24) is 15.3 Å². The molecule has 2 rings (SSSR count). The smallest absolute Gasteiger partial charge is 0.196 e. The lowest BCUT2D eigenvalue weighted by Gasteiger charge is -2.13. The van der Waals surface area contributed by atoms with Crippen molar-refractivity contribution >= 4 is 35.0 Å². The van der Waals surface area contributed by atoms with Crippen LogP contribution in [0.15, 0.2) is 34.3 Å². The van der Waals surface area contributed by atoms with Gasteiger partial charge in [-0.05, 0) is 43.4 Å². The molecule has 0 aliphatic carbocycles. The van der Waals surface area contributed by atoms with Gasteiger partial charge in [0.25, 0.3) is 0 Å². The number of rotatable bonds is 4. The highest BCUT2D eigenvalue weighted by Crippen LogP contribution is 2.31. The van der Waals surface area contributed by atoms with Gasteiger partial charge in [-0.1, -0.05) is 17.7 Å². The Morgan fingerprint density at radius 2 is 1.85 bits per heavy atom. The van der Waals surface area contributed by atoms with Gasteiger partial charge < -0.3 is 16.8 Å². The lowest BCUT2D eigenvalue weighted by atomic mass is 10.1. The number of halogens is 1. The molecule has 0 saturated carbocycles. The van der Waals surface area contributed by atoms with Crippen LogP contribution in [0.5, 0.6) is 0 Å². The van der Waals surface area contributed by atoms with E-state index >= 15 is 0 Å². The van der Waals surface area contributed by atoms with Crippen molar-refractivity contribution in [2.24, 2.45) is 0 Å². The Balaban J connectivity index is 2.24. The Bertz CT molecular complexity index is 599. The molecule has 0 radical (unpaired) electrons. The van der Waals surface area contributed by atoms with Crippen LogP contribution in [-0.4, -0.2) is 17.0 Å². The third kappa shape index (κ3) is 3.53. The summed E-state index contributed by atoms with van der Waals surface area (Å²) in [6.45, 7) is 2.05. The van der Waals surface area contributed by atoms with Gasteiger partial charge in [-0.25, -0.2) is 9.97 Å². The van der Waals surface area contributed by atoms with E-state index in [-0.39, 0.29) is 6.04 Å². The fourth-order valence-corrected chi connectivity index (χ4v) is 2.93. The summed E-state index contributed by atoms with van der Waals surface area (Å²) < 4.78 is 0. The van der Waals surface area contributed by atoms with Gasteiger partial charge in [0.05, 0.1) is 0 Å². The van der Waals surface area contributed by atoms with E-state index in [9.17, 15) is 0 Å². The van der Waals surface area contributed by atoms with E-state index < -0.39 is 0 Å². The van der Waals surface area contributed by atoms with Crippen LogP contribution in [0, 0.1) is 0 Å². The van der Waals surface area contributed by atoms with Gasteiger partial charge in [0.2, 0.25) is 0 Å². The highest BCUT2D eigenvalue weighted by Gasteiger charge is 2.10. The van der Waals surface area contributed by atoms with Gasteiger partial charge in [0.15, 0.2) is 5.16 Å². The lowest BCUT2D eigenvalue weighted by Crippen LogP contribution is -2.12. The fourth-order valence-electron chi connectivity index (χ4n) is 1.69. The van der Waals surface area contributed by atoms with Gasteiger partial charge in [-0.15, -0.1) is 0 Å². The first-order valence-corrected chi connectivity index (χ1v) is 7.23. The van der Waals surface area contributed by atoms with Crippen LogP contribution in [0.3, 0.4) is 0 Å². The zero-order valence-electron chi connectivity index (χ0n) is 11.2. The van der Waals surface area contributed by atoms with E-state index in [2.05, 4.69) is 22.2 Å². The first-order chi connectivity index (χ1) is 9.49. The van der Waals surface area contributed by atoms with Gasteiger partial charge in [0, 0.05) is 22.0 Å². The molecule has 5 nitrogen and oxygen atoms in total. The van der Waals surface area contributed by atoms with Gasteiger partial charge in [0.1, 0.15) is 11.6 Å². The molecule has 1 aromatic carbocycles. The summed E-state index contributed by atoms with van der Waals surface area (Å²) in [5.41, 5.74) is 12.3. The van der Waals surface area contributed by atoms with Crippen molar-refractivity contribution in [3.63, 3.8) is 0 Å². The highest BCUT2D eigenvalue weighted by atomic mass is 35.5. The second kappa shape index (κ2) is 6.30. The van der Waals surface area contributed by atoms with E-state index in [0.29, 0.717) is 21.8 Å². The minimum absolute atomic E-state index is 0.195. The maximum Gasteiger partial charge on any atom is 0.196 e. The van der Waals surface area contributed by atoms with Gasteiger partial charge in [-0.3, -0.25) is 0 Å². The molecule has 0 bridgehead atoms. The Hall–Kier alpha value is -1.50. The molecule has 0 amide bonds. The standard InChI is InChI=1S/C13H16ClN5S/c1-7(17-2)9-4-3-8(5-10(9)14)20-13-18-11(15)6-12(16)19-13/h3-7,17H,1-2H3,(H4,15,16,18,19). The van der Waals surface area contributed by atoms with E-state index in [1.807, 2.05) is 25.2 Å². The number of nitrogens with one attached hydrogen (secondary N) is 1. The summed E-state index contributed by atoms with van der Waals surface area (Å²) in [6.07, 6.45) is 0. The van der Waals surface area contributed by atoms with Crippen molar-refractivity contribution in [3.05, 3.63) is 34.9 Å². The number of hydrogen-bond acceptors (Lipinski definition) is 6. The molecule has 7 heteroatoms. The van der Waals surface area contributed by atoms with Crippen LogP contribution < -0.4 is 16.8 Å². The molecule has 1 heterocycles. The normalized spacial score (nSPS) is 12.3. The zero-order valence-corrected chi connectivity index (χ0v) is 12.8. The zero-order chi connectivity index (χ0) is 14.7. The first kappa shape index (κ1) is 14.9. The van der Waals surface area contributed by atoms with Crippen LogP contribution in [0.2, 0.25) is 5.02 Å². The first-order valence-electron chi connectivity index (χ1n) is 6.04. The Kier molecular flexibility index (Phi) is 4.69. The average Bonchev–Trinajstić information content (AvgIpc) is 2.36. The molecule has 0 spiro atoms. The summed E-state index contributed by atoms with van der Waals surface area (Å²) in [5, 5.41) is 4.37. The van der Waals surface area contributed by atoms with E-state index in [0.717, 1.165) is 10.5 Å². The number of nitrogens with zero attached hydrogens (tertiary/aromatic N) is 2. The summed E-state index contributed by atoms with van der Waals surface area (Å²) in [7, 11) is 1.90. The minimum Gasteiger partial charge on any atom is -0.383 e. The molecular formula is C13H16ClN5S. The number of nitrogen functional groups attached to an aromatic ring is 2. The average molecular weight is 310 g/mol. The van der Waals surface area contributed by atoms with Crippen LogP contribution >= 0.6 is 23.4 Å². The lowest BCUT2D eigenvalue weighted by molar-refractivity contribution is 0.652. The summed E-state index contributed by atoms with van der Waals surface area (Å²) in [5.74, 6) is 0.707. The molecule has 106 valence electrons. The number of hydrogen-bond donors (Lipinski definition) is 3. The highest BCUT2D eigenvalue weighted by molar-refractivity contribution is 7.99. The van der Waals surface area contributed by atoms with E-state index in [1.165, 1.54) is 17.8 Å². The maximum absolute atomic E-state index is 6.29. The predicted octanol–water partition coefficient (Wildman–Crippen LogP) is 2.73. The van der Waals surface area contributed by atoms with E-state index in [1.54, 1.807) is 0 Å². The number of nitrogens with two attached hydrogens (primary N) is 2. The molecule has 0 fully saturated rings. The Labute approximate surface area is 127 Å². The third-order valence-electron chi connectivity index (χ3n) is 2.83. The van der Waals surface area contributed by atoms with Crippen molar-refractivity contribution in [2.75, 3.05) is 18.5 Å². The summed E-state index contributed by atoms with van der Waals surface area (Å²) >= 11 is 7.66. The quantitative estimate of drug-likeness (QED) is 0.752. The third-order valence-corrected chi connectivity index (χ3v) is 4.01. The molecule has 20 heavy (non-hydrogen) atoms. The molecular weight excluding hydrogens is 294 g/mol. The SMILES string of the molecule is CNC(C)c1ccc(Sc2nc(N)cc(N)n2)cc1Cl. The van der Waals surface area contributed by atoms with Crippen LogP contribution in [-0.2, 0) is 0 Å². The molecule has 0 aliphatic heterocycles. The molecule has 2 aromatic rings. The van der Waals surface area contributed by atoms with Crippen molar-refractivity contribution < 1.29 is 0 Å². The largest absolute Gasteiger partial charge is 0.383 e. The maximum atomic E-state index is 6.29. The Morgan fingerprint density at radius 3 is 2.40 bits per heavy atom. The molecule has 0 aliphatic rings. The Morgan fingerprint density at radius 1 is 1.20 bits per heavy atom. The molecule has 0 saturated heterocycles. The summed E-state index contributed by atoms with van der Waals surface area (Å²) in [6, 6.07) is 7.57. The second-order valence-electron chi connectivity index (χ2n) is 4.30. The molecule has 1 unspecified atom stereocenters.